The Morgan fingerprint density at radius 3 is 2.37 bits per heavy atom. The van der Waals surface area contributed by atoms with E-state index < -0.39 is 46.7 Å². The van der Waals surface area contributed by atoms with Gasteiger partial charge in [0, 0.05) is 5.41 Å². The molecule has 3 heterocycles. The van der Waals surface area contributed by atoms with Crippen molar-refractivity contribution < 1.29 is 25.9 Å². The number of rotatable bonds is 5. The molecule has 0 radical (unpaired) electrons. The molecule has 5 aromatic rings. The van der Waals surface area contributed by atoms with Gasteiger partial charge in [-0.1, -0.05) is 32.9 Å². The maximum Gasteiger partial charge on any atom is 0.296 e. The summed E-state index contributed by atoms with van der Waals surface area (Å²) < 4.78 is 69.3. The molecule has 0 unspecified atom stereocenters. The Balaban J connectivity index is 1.80. The van der Waals surface area contributed by atoms with E-state index in [4.69, 9.17) is 0 Å². The summed E-state index contributed by atoms with van der Waals surface area (Å²) in [5.41, 5.74) is -0.498. The van der Waals surface area contributed by atoms with E-state index in [1.807, 2.05) is 26.8 Å². The van der Waals surface area contributed by atoms with Crippen molar-refractivity contribution in [1.82, 2.24) is 24.4 Å². The summed E-state index contributed by atoms with van der Waals surface area (Å²) >= 11 is 0. The van der Waals surface area contributed by atoms with Crippen LogP contribution in [0.4, 0.5) is 11.5 Å². The molecule has 3 aromatic heterocycles. The van der Waals surface area contributed by atoms with Crippen molar-refractivity contribution in [3.63, 3.8) is 0 Å². The molecular weight excluding hydrogens is 576 g/mol. The highest BCUT2D eigenvalue weighted by Crippen LogP contribution is 2.36. The zero-order valence-corrected chi connectivity index (χ0v) is 23.1. The van der Waals surface area contributed by atoms with Gasteiger partial charge in [-0.15, -0.1) is 10.2 Å². The lowest BCUT2D eigenvalue weighted by Gasteiger charge is -2.15. The number of H-pyrrole nitrogens is 1. The second-order valence-corrected chi connectivity index (χ2v) is 12.7. The van der Waals surface area contributed by atoms with Crippen molar-refractivity contribution in [3.8, 4) is 11.8 Å². The van der Waals surface area contributed by atoms with Crippen molar-refractivity contribution in [1.29, 1.82) is 5.26 Å². The second-order valence-electron chi connectivity index (χ2n) is 9.86. The maximum atomic E-state index is 12.8. The number of nitriles is 1. The Kier molecular flexibility index (Phi) is 6.38. The molecule has 5 rings (SSSR count). The van der Waals surface area contributed by atoms with Gasteiger partial charge in [-0.3, -0.25) is 13.9 Å². The van der Waals surface area contributed by atoms with Crippen LogP contribution in [0, 0.1) is 11.3 Å². The third-order valence-electron chi connectivity index (χ3n) is 6.02. The molecule has 2 aromatic carbocycles. The van der Waals surface area contributed by atoms with Crippen molar-refractivity contribution in [2.45, 2.75) is 36.0 Å². The molecule has 0 atom stereocenters. The number of nitrogens with one attached hydrogen (secondary N) is 1. The smallest absolute Gasteiger partial charge is 0.296 e. The predicted molar refractivity (Wildman–Crippen MR) is 144 cm³/mol. The van der Waals surface area contributed by atoms with Crippen LogP contribution in [-0.2, 0) is 25.7 Å². The summed E-state index contributed by atoms with van der Waals surface area (Å²) in [5.74, 6) is -0.341. The predicted octanol–water partition coefficient (Wildman–Crippen LogP) is 3.44. The molecule has 0 aliphatic carbocycles. The van der Waals surface area contributed by atoms with Gasteiger partial charge in [0.15, 0.2) is 17.2 Å². The first kappa shape index (κ1) is 27.8. The van der Waals surface area contributed by atoms with Crippen molar-refractivity contribution in [2.24, 2.45) is 10.2 Å². The minimum Gasteiger partial charge on any atom is -0.304 e. The van der Waals surface area contributed by atoms with Crippen molar-refractivity contribution >= 4 is 48.3 Å². The number of nitrogens with zero attached hydrogens (tertiary/aromatic N) is 7. The molecular formula is C24H20N8O7S2. The molecule has 0 saturated carbocycles. The highest BCUT2D eigenvalue weighted by Gasteiger charge is 2.28. The number of aromatic nitrogens is 5. The van der Waals surface area contributed by atoms with Crippen LogP contribution in [0.2, 0.25) is 0 Å². The van der Waals surface area contributed by atoms with Crippen LogP contribution in [0.5, 0.6) is 0 Å². The molecule has 0 aliphatic rings. The maximum absolute atomic E-state index is 12.8. The molecule has 0 amide bonds. The number of para-hydroxylation sites is 1. The quantitative estimate of drug-likeness (QED) is 0.198. The van der Waals surface area contributed by atoms with Crippen LogP contribution in [0.25, 0.3) is 22.2 Å². The normalized spacial score (nSPS) is 12.9. The number of azo groups is 1. The lowest BCUT2D eigenvalue weighted by atomic mass is 9.91. The Hall–Kier alpha value is -4.76. The van der Waals surface area contributed by atoms with Gasteiger partial charge in [-0.05, 0) is 30.3 Å². The van der Waals surface area contributed by atoms with Crippen LogP contribution >= 0.6 is 0 Å². The van der Waals surface area contributed by atoms with E-state index in [0.29, 0.717) is 16.6 Å². The molecule has 0 saturated heterocycles. The molecule has 15 nitrogen and oxygen atoms in total. The standard InChI is InChI=1S/C24H20N8O7S2/c1-24(2,3)20-19(22-27-23(33)15-6-4-5-7-16(15)32(22)30-20)28-29-21-13(11-25)12-26-31(21)17-10-14(40(34,35)36)8-9-18(17)41(37,38)39/h4-10,12H,1-3H3,(H,27,33)(H,34,35,36)(H,37,38,39)/b29-28+. The first-order chi connectivity index (χ1) is 19.1. The summed E-state index contributed by atoms with van der Waals surface area (Å²) in [6.07, 6.45) is 1.03. The summed E-state index contributed by atoms with van der Waals surface area (Å²) in [4.78, 5) is 14.1. The topological polar surface area (TPSA) is 225 Å². The van der Waals surface area contributed by atoms with E-state index in [1.54, 1.807) is 24.3 Å². The van der Waals surface area contributed by atoms with Gasteiger partial charge >= 0.3 is 0 Å². The first-order valence-electron chi connectivity index (χ1n) is 11.6. The fourth-order valence-electron chi connectivity index (χ4n) is 4.15. The molecule has 210 valence electrons. The van der Waals surface area contributed by atoms with Gasteiger partial charge in [0.05, 0.1) is 33.4 Å². The number of hydrogen-bond donors (Lipinski definition) is 3. The average Bonchev–Trinajstić information content (AvgIpc) is 3.47. The van der Waals surface area contributed by atoms with E-state index in [0.717, 1.165) is 29.1 Å². The van der Waals surface area contributed by atoms with Crippen molar-refractivity contribution in [2.75, 3.05) is 0 Å². The largest absolute Gasteiger partial charge is 0.304 e. The van der Waals surface area contributed by atoms with Gasteiger partial charge in [0.2, 0.25) is 0 Å². The molecule has 0 aliphatic heterocycles. The van der Waals surface area contributed by atoms with Gasteiger partial charge < -0.3 is 4.98 Å². The zero-order chi connectivity index (χ0) is 29.9. The molecule has 41 heavy (non-hydrogen) atoms. The number of hydrogen-bond acceptors (Lipinski definition) is 10. The fourth-order valence-corrected chi connectivity index (χ4v) is 5.30. The van der Waals surface area contributed by atoms with Crippen LogP contribution < -0.4 is 5.56 Å². The molecule has 3 N–H and O–H groups in total. The van der Waals surface area contributed by atoms with Crippen LogP contribution in [0.15, 0.2) is 73.5 Å². The molecule has 17 heteroatoms. The van der Waals surface area contributed by atoms with Crippen LogP contribution in [0.3, 0.4) is 0 Å². The Morgan fingerprint density at radius 1 is 1.02 bits per heavy atom. The molecule has 0 bridgehead atoms. The summed E-state index contributed by atoms with van der Waals surface area (Å²) in [7, 11) is -9.75. The minimum atomic E-state index is -4.94. The van der Waals surface area contributed by atoms with Gasteiger partial charge in [0.25, 0.3) is 25.8 Å². The highest BCUT2D eigenvalue weighted by molar-refractivity contribution is 7.86. The van der Waals surface area contributed by atoms with Crippen LogP contribution in [-0.4, -0.2) is 50.3 Å². The lowest BCUT2D eigenvalue weighted by molar-refractivity contribution is 0.477. The van der Waals surface area contributed by atoms with Crippen molar-refractivity contribution in [3.05, 3.63) is 70.3 Å². The number of fused-ring (bicyclic) bond motifs is 3. The summed E-state index contributed by atoms with van der Waals surface area (Å²) in [6.45, 7) is 5.58. The fraction of sp³-hybridized carbons (Fsp3) is 0.167. The molecule has 0 spiro atoms. The van der Waals surface area contributed by atoms with Crippen LogP contribution in [0.1, 0.15) is 32.0 Å². The summed E-state index contributed by atoms with van der Waals surface area (Å²) in [5, 5.41) is 27.1. The Bertz CT molecular complexity index is 2230. The molecule has 0 fully saturated rings. The monoisotopic (exact) mass is 596 g/mol. The number of benzene rings is 2. The lowest BCUT2D eigenvalue weighted by Crippen LogP contribution is -2.12. The third kappa shape index (κ3) is 4.89. The van der Waals surface area contributed by atoms with E-state index in [-0.39, 0.29) is 22.7 Å². The number of aromatic amines is 1. The van der Waals surface area contributed by atoms with Gasteiger partial charge in [-0.2, -0.15) is 32.3 Å². The van der Waals surface area contributed by atoms with Gasteiger partial charge in [0.1, 0.15) is 16.5 Å². The minimum absolute atomic E-state index is 0.138. The zero-order valence-electron chi connectivity index (χ0n) is 21.5. The first-order valence-corrected chi connectivity index (χ1v) is 14.5. The Morgan fingerprint density at radius 2 is 1.73 bits per heavy atom. The van der Waals surface area contributed by atoms with Gasteiger partial charge in [-0.25, -0.2) is 9.20 Å². The Labute approximate surface area is 231 Å². The van der Waals surface area contributed by atoms with E-state index >= 15 is 0 Å². The SMILES string of the molecule is CC(C)(C)c1nn2c([nH]c(=O)c3ccccc32)c1/N=N/c1c(C#N)cnn1-c1cc(S(=O)(=O)O)ccc1S(=O)(=O)O. The van der Waals surface area contributed by atoms with E-state index in [2.05, 4.69) is 25.4 Å². The van der Waals surface area contributed by atoms with E-state index in [9.17, 15) is 36.0 Å². The van der Waals surface area contributed by atoms with E-state index in [1.165, 1.54) is 4.52 Å². The summed E-state index contributed by atoms with van der Waals surface area (Å²) in [6, 6.07) is 10.9. The third-order valence-corrected chi connectivity index (χ3v) is 7.77. The second kappa shape index (κ2) is 9.42. The highest BCUT2D eigenvalue weighted by atomic mass is 32.2. The average molecular weight is 597 g/mol.